The van der Waals surface area contributed by atoms with Crippen LogP contribution in [0.4, 0.5) is 5.69 Å². The van der Waals surface area contributed by atoms with E-state index >= 15 is 0 Å². The molecule has 7 nitrogen and oxygen atoms in total. The van der Waals surface area contributed by atoms with Crippen molar-refractivity contribution in [1.29, 1.82) is 0 Å². The number of aryl methyl sites for hydroxylation is 3. The van der Waals surface area contributed by atoms with Gasteiger partial charge in [-0.15, -0.1) is 0 Å². The Kier molecular flexibility index (Phi) is 7.53. The van der Waals surface area contributed by atoms with Crippen LogP contribution in [0.3, 0.4) is 0 Å². The van der Waals surface area contributed by atoms with E-state index in [0.29, 0.717) is 16.8 Å². The van der Waals surface area contributed by atoms with E-state index in [1.165, 1.54) is 6.92 Å². The van der Waals surface area contributed by atoms with Crippen molar-refractivity contribution in [2.75, 3.05) is 11.9 Å². The molecule has 0 radical (unpaired) electrons. The lowest BCUT2D eigenvalue weighted by molar-refractivity contribution is -0.152. The minimum atomic E-state index is -3.76. The van der Waals surface area contributed by atoms with Crippen LogP contribution >= 0.6 is 0 Å². The van der Waals surface area contributed by atoms with Gasteiger partial charge in [-0.25, -0.2) is 13.1 Å². The summed E-state index contributed by atoms with van der Waals surface area (Å²) in [5.74, 6) is -1.13. The summed E-state index contributed by atoms with van der Waals surface area (Å²) in [4.78, 5) is 24.3. The highest BCUT2D eigenvalue weighted by Crippen LogP contribution is 2.21. The van der Waals surface area contributed by atoms with Crippen LogP contribution in [0.15, 0.2) is 47.4 Å². The molecular formula is C21H26N2O5S. The molecule has 8 heteroatoms. The number of benzene rings is 2. The number of sulfonamides is 1. The molecule has 0 bridgehead atoms. The quantitative estimate of drug-likeness (QED) is 0.642. The van der Waals surface area contributed by atoms with Crippen molar-refractivity contribution in [2.45, 2.75) is 45.1 Å². The van der Waals surface area contributed by atoms with E-state index in [2.05, 4.69) is 10.0 Å². The summed E-state index contributed by atoms with van der Waals surface area (Å²) in [7, 11) is -3.76. The summed E-state index contributed by atoms with van der Waals surface area (Å²) in [6, 6.07) is 12.4. The average molecular weight is 419 g/mol. The second kappa shape index (κ2) is 9.67. The molecule has 2 aromatic rings. The lowest BCUT2D eigenvalue weighted by Gasteiger charge is -2.15. The molecule has 0 spiro atoms. The molecule has 0 saturated heterocycles. The third-order valence-electron chi connectivity index (χ3n) is 4.21. The molecule has 0 unspecified atom stereocenters. The van der Waals surface area contributed by atoms with Crippen molar-refractivity contribution in [3.63, 3.8) is 0 Å². The third-order valence-corrected chi connectivity index (χ3v) is 5.98. The maximum atomic E-state index is 12.6. The molecule has 0 aliphatic carbocycles. The number of hydrogen-bond donors (Lipinski definition) is 2. The van der Waals surface area contributed by atoms with Crippen LogP contribution in [0, 0.1) is 20.8 Å². The molecule has 0 heterocycles. The van der Waals surface area contributed by atoms with E-state index in [4.69, 9.17) is 4.74 Å². The summed E-state index contributed by atoms with van der Waals surface area (Å²) >= 11 is 0. The second-order valence-corrected chi connectivity index (χ2v) is 8.57. The Bertz CT molecular complexity index is 964. The number of carbonyl (C=O) groups is 2. The van der Waals surface area contributed by atoms with Crippen LogP contribution in [-0.2, 0) is 24.3 Å². The van der Waals surface area contributed by atoms with E-state index in [9.17, 15) is 18.0 Å². The number of ether oxygens (including phenoxy) is 1. The number of para-hydroxylation sites is 1. The van der Waals surface area contributed by atoms with E-state index in [1.807, 2.05) is 13.0 Å². The lowest BCUT2D eigenvalue weighted by atomic mass is 10.1. The lowest BCUT2D eigenvalue weighted by Crippen LogP contribution is -2.32. The highest BCUT2D eigenvalue weighted by atomic mass is 32.2. The Morgan fingerprint density at radius 3 is 2.21 bits per heavy atom. The van der Waals surface area contributed by atoms with E-state index in [1.54, 1.807) is 50.2 Å². The van der Waals surface area contributed by atoms with Gasteiger partial charge in [-0.1, -0.05) is 35.9 Å². The Morgan fingerprint density at radius 2 is 1.62 bits per heavy atom. The predicted octanol–water partition coefficient (Wildman–Crippen LogP) is 2.85. The zero-order valence-corrected chi connectivity index (χ0v) is 17.8. The molecule has 1 atom stereocenters. The van der Waals surface area contributed by atoms with Gasteiger partial charge in [-0.05, 0) is 51.0 Å². The smallest absolute Gasteiger partial charge is 0.307 e. The van der Waals surface area contributed by atoms with Crippen LogP contribution in [-0.4, -0.2) is 32.9 Å². The van der Waals surface area contributed by atoms with Crippen molar-refractivity contribution in [3.8, 4) is 0 Å². The fourth-order valence-corrected chi connectivity index (χ4v) is 4.51. The first-order valence-electron chi connectivity index (χ1n) is 9.23. The number of anilines is 1. The van der Waals surface area contributed by atoms with Gasteiger partial charge in [0.15, 0.2) is 6.10 Å². The van der Waals surface area contributed by atoms with Crippen molar-refractivity contribution in [1.82, 2.24) is 4.72 Å². The second-order valence-electron chi connectivity index (χ2n) is 6.86. The first-order chi connectivity index (χ1) is 13.6. The Balaban J connectivity index is 1.87. The molecule has 0 aliphatic rings. The van der Waals surface area contributed by atoms with Gasteiger partial charge in [0.05, 0.1) is 11.3 Å². The molecule has 156 valence electrons. The van der Waals surface area contributed by atoms with Crippen molar-refractivity contribution in [3.05, 3.63) is 59.2 Å². The van der Waals surface area contributed by atoms with Gasteiger partial charge in [0.1, 0.15) is 0 Å². The highest BCUT2D eigenvalue weighted by molar-refractivity contribution is 7.89. The number of nitrogens with one attached hydrogen (secondary N) is 2. The van der Waals surface area contributed by atoms with E-state index in [-0.39, 0.29) is 17.9 Å². The van der Waals surface area contributed by atoms with Gasteiger partial charge in [0, 0.05) is 12.2 Å². The van der Waals surface area contributed by atoms with Crippen LogP contribution in [0.1, 0.15) is 30.0 Å². The van der Waals surface area contributed by atoms with Crippen molar-refractivity contribution in [2.24, 2.45) is 0 Å². The van der Waals surface area contributed by atoms with Gasteiger partial charge >= 0.3 is 5.97 Å². The molecule has 29 heavy (non-hydrogen) atoms. The number of esters is 1. The number of rotatable bonds is 8. The van der Waals surface area contributed by atoms with Crippen LogP contribution in [0.5, 0.6) is 0 Å². The fourth-order valence-electron chi connectivity index (χ4n) is 3.03. The number of amides is 1. The van der Waals surface area contributed by atoms with Crippen molar-refractivity contribution < 1.29 is 22.7 Å². The summed E-state index contributed by atoms with van der Waals surface area (Å²) in [6.45, 7) is 6.70. The van der Waals surface area contributed by atoms with Crippen molar-refractivity contribution >= 4 is 27.6 Å². The predicted molar refractivity (Wildman–Crippen MR) is 111 cm³/mol. The summed E-state index contributed by atoms with van der Waals surface area (Å²) in [6.07, 6.45) is -1.19. The van der Waals surface area contributed by atoms with Gasteiger partial charge in [0.2, 0.25) is 10.0 Å². The molecular weight excluding hydrogens is 392 g/mol. The number of carbonyl (C=O) groups excluding carboxylic acids is 2. The Morgan fingerprint density at radius 1 is 1.03 bits per heavy atom. The maximum Gasteiger partial charge on any atom is 0.307 e. The molecule has 0 aliphatic heterocycles. The van der Waals surface area contributed by atoms with Gasteiger partial charge < -0.3 is 10.1 Å². The molecule has 0 aromatic heterocycles. The third kappa shape index (κ3) is 6.40. The largest absolute Gasteiger partial charge is 0.452 e. The monoisotopic (exact) mass is 418 g/mol. The normalized spacial score (nSPS) is 12.3. The minimum Gasteiger partial charge on any atom is -0.452 e. The van der Waals surface area contributed by atoms with Crippen LogP contribution in [0.25, 0.3) is 0 Å². The van der Waals surface area contributed by atoms with Crippen LogP contribution in [0.2, 0.25) is 0 Å². The van der Waals surface area contributed by atoms with Gasteiger partial charge in [-0.3, -0.25) is 9.59 Å². The summed E-state index contributed by atoms with van der Waals surface area (Å²) < 4.78 is 32.6. The molecule has 1 amide bonds. The molecule has 2 rings (SSSR count). The zero-order valence-electron chi connectivity index (χ0n) is 17.0. The highest BCUT2D eigenvalue weighted by Gasteiger charge is 2.21. The first-order valence-corrected chi connectivity index (χ1v) is 10.7. The molecule has 2 N–H and O–H groups in total. The van der Waals surface area contributed by atoms with E-state index in [0.717, 1.165) is 5.56 Å². The summed E-state index contributed by atoms with van der Waals surface area (Å²) in [5, 5.41) is 2.64. The Hall–Kier alpha value is -2.71. The molecule has 2 aromatic carbocycles. The fraction of sp³-hybridized carbons (Fsp3) is 0.333. The zero-order chi connectivity index (χ0) is 21.6. The average Bonchev–Trinajstić information content (AvgIpc) is 2.61. The Labute approximate surface area is 171 Å². The SMILES string of the molecule is Cc1cc(C)c(S(=O)(=O)NCCC(=O)O[C@@H](C)C(=O)Nc2ccccc2)c(C)c1. The molecule has 0 fully saturated rings. The molecule has 0 saturated carbocycles. The van der Waals surface area contributed by atoms with Gasteiger partial charge in [-0.2, -0.15) is 0 Å². The number of hydrogen-bond acceptors (Lipinski definition) is 5. The first kappa shape index (κ1) is 22.6. The van der Waals surface area contributed by atoms with Gasteiger partial charge in [0.25, 0.3) is 5.91 Å². The van der Waals surface area contributed by atoms with E-state index < -0.39 is 28.0 Å². The minimum absolute atomic E-state index is 0.124. The maximum absolute atomic E-state index is 12.6. The standard InChI is InChI=1S/C21H26N2O5S/c1-14-12-15(2)20(16(3)13-14)29(26,27)22-11-10-19(24)28-17(4)21(25)23-18-8-6-5-7-9-18/h5-9,12-13,17,22H,10-11H2,1-4H3,(H,23,25)/t17-/m0/s1. The summed E-state index contributed by atoms with van der Waals surface area (Å²) in [5.41, 5.74) is 2.86. The van der Waals surface area contributed by atoms with Crippen LogP contribution < -0.4 is 10.0 Å². The topological polar surface area (TPSA) is 102 Å².